The first kappa shape index (κ1) is 17.5. The summed E-state index contributed by atoms with van der Waals surface area (Å²) in [6.45, 7) is 4.92. The first-order chi connectivity index (χ1) is 12.5. The van der Waals surface area contributed by atoms with E-state index in [1.54, 1.807) is 0 Å². The molecule has 0 amide bonds. The topological polar surface area (TPSA) is 54.6 Å². The van der Waals surface area contributed by atoms with Crippen LogP contribution in [0.1, 0.15) is 24.5 Å². The second-order valence-corrected chi connectivity index (χ2v) is 7.11. The molecule has 0 aliphatic carbocycles. The highest BCUT2D eigenvalue weighted by atomic mass is 19.4. The van der Waals surface area contributed by atoms with Gasteiger partial charge < -0.3 is 14.5 Å². The summed E-state index contributed by atoms with van der Waals surface area (Å²) in [5.74, 6) is 0.521. The van der Waals surface area contributed by atoms with Crippen molar-refractivity contribution in [3.63, 3.8) is 0 Å². The number of hydrogen-bond acceptors (Lipinski definition) is 6. The molecule has 3 heterocycles. The Morgan fingerprint density at radius 2 is 1.96 bits per heavy atom. The number of fused-ring (bicyclic) bond motifs is 1. The van der Waals surface area contributed by atoms with E-state index in [0.29, 0.717) is 22.6 Å². The van der Waals surface area contributed by atoms with Crippen LogP contribution in [0.15, 0.2) is 16.8 Å². The molecule has 0 radical (unpaired) electrons. The van der Waals surface area contributed by atoms with Crippen LogP contribution in [0, 0.1) is 5.92 Å². The van der Waals surface area contributed by atoms with Crippen LogP contribution in [0.3, 0.4) is 0 Å². The molecule has 9 heteroatoms. The van der Waals surface area contributed by atoms with Gasteiger partial charge in [0.1, 0.15) is 5.52 Å². The van der Waals surface area contributed by atoms with Gasteiger partial charge in [-0.3, -0.25) is 0 Å². The van der Waals surface area contributed by atoms with Gasteiger partial charge in [0.25, 0.3) is 0 Å². The molecule has 0 N–H and O–H groups in total. The van der Waals surface area contributed by atoms with Crippen molar-refractivity contribution >= 4 is 16.7 Å². The summed E-state index contributed by atoms with van der Waals surface area (Å²) in [5.41, 5.74) is 1.45. The van der Waals surface area contributed by atoms with Crippen molar-refractivity contribution in [2.24, 2.45) is 5.92 Å². The fraction of sp³-hybridized carbons (Fsp3) is 0.647. The first-order valence-corrected chi connectivity index (χ1v) is 8.78. The Morgan fingerprint density at radius 3 is 2.62 bits per heavy atom. The molecule has 1 aromatic heterocycles. The lowest BCUT2D eigenvalue weighted by molar-refractivity contribution is -0.215. The van der Waals surface area contributed by atoms with Gasteiger partial charge in [0, 0.05) is 32.7 Å². The Labute approximate surface area is 148 Å². The largest absolute Gasteiger partial charge is 0.418 e. The van der Waals surface area contributed by atoms with Gasteiger partial charge in [0.15, 0.2) is 11.6 Å². The molecule has 1 atom stereocenters. The van der Waals surface area contributed by atoms with Crippen LogP contribution in [0.5, 0.6) is 0 Å². The van der Waals surface area contributed by atoms with Gasteiger partial charge in [-0.05, 0) is 53.9 Å². The maximum Gasteiger partial charge on any atom is 0.418 e. The van der Waals surface area contributed by atoms with E-state index in [2.05, 4.69) is 15.2 Å². The molecule has 0 spiro atoms. The number of anilines is 1. The lowest BCUT2D eigenvalue weighted by atomic mass is 9.97. The van der Waals surface area contributed by atoms with Gasteiger partial charge in [-0.2, -0.15) is 13.2 Å². The second kappa shape index (κ2) is 6.70. The summed E-state index contributed by atoms with van der Waals surface area (Å²) in [7, 11) is 1.05. The molecular weight excluding hydrogens is 349 g/mol. The molecule has 2 aliphatic heterocycles. The molecule has 4 rings (SSSR count). The molecule has 1 unspecified atom stereocenters. The minimum atomic E-state index is -4.50. The van der Waals surface area contributed by atoms with E-state index in [1.165, 1.54) is 25.0 Å². The molecule has 0 saturated carbocycles. The van der Waals surface area contributed by atoms with E-state index in [-0.39, 0.29) is 5.56 Å². The average molecular weight is 370 g/mol. The third kappa shape index (κ3) is 3.25. The number of ether oxygens (including phenoxy) is 1. The maximum absolute atomic E-state index is 13.2. The zero-order chi connectivity index (χ0) is 18.3. The highest BCUT2D eigenvalue weighted by Gasteiger charge is 2.42. The summed E-state index contributed by atoms with van der Waals surface area (Å²) in [5, 5.41) is 7.62. The fourth-order valence-corrected chi connectivity index (χ4v) is 3.96. The molecule has 2 aromatic rings. The van der Waals surface area contributed by atoms with Gasteiger partial charge in [-0.25, -0.2) is 4.63 Å². The quantitative estimate of drug-likeness (QED) is 0.807. The molecule has 2 saturated heterocycles. The van der Waals surface area contributed by atoms with Crippen molar-refractivity contribution in [2.75, 3.05) is 44.7 Å². The third-order valence-electron chi connectivity index (χ3n) is 5.21. The number of rotatable bonds is 5. The van der Waals surface area contributed by atoms with Gasteiger partial charge in [-0.1, -0.05) is 0 Å². The number of aromatic nitrogens is 2. The van der Waals surface area contributed by atoms with Crippen molar-refractivity contribution in [2.45, 2.75) is 25.1 Å². The zero-order valence-corrected chi connectivity index (χ0v) is 14.5. The average Bonchev–Trinajstić information content (AvgIpc) is 3.20. The molecule has 2 fully saturated rings. The van der Waals surface area contributed by atoms with E-state index in [1.807, 2.05) is 4.90 Å². The Kier molecular flexibility index (Phi) is 4.52. The van der Waals surface area contributed by atoms with Crippen LogP contribution in [0.4, 0.5) is 18.9 Å². The summed E-state index contributed by atoms with van der Waals surface area (Å²) in [6, 6.07) is 2.83. The van der Waals surface area contributed by atoms with Gasteiger partial charge in [0.2, 0.25) is 0 Å². The third-order valence-corrected chi connectivity index (χ3v) is 5.21. The van der Waals surface area contributed by atoms with Crippen molar-refractivity contribution in [1.82, 2.24) is 15.2 Å². The van der Waals surface area contributed by atoms with Crippen molar-refractivity contribution in [3.05, 3.63) is 17.7 Å². The number of likely N-dealkylation sites (tertiary alicyclic amines) is 1. The molecule has 6 nitrogen and oxygen atoms in total. The Morgan fingerprint density at radius 1 is 1.23 bits per heavy atom. The maximum atomic E-state index is 13.2. The smallest absolute Gasteiger partial charge is 0.369 e. The van der Waals surface area contributed by atoms with Crippen LogP contribution >= 0.6 is 0 Å². The van der Waals surface area contributed by atoms with E-state index >= 15 is 0 Å². The number of halogens is 3. The van der Waals surface area contributed by atoms with Crippen LogP contribution in [-0.4, -0.2) is 61.2 Å². The molecule has 142 valence electrons. The second-order valence-electron chi connectivity index (χ2n) is 7.11. The van der Waals surface area contributed by atoms with Gasteiger partial charge in [-0.15, -0.1) is 0 Å². The Hall–Kier alpha value is -1.87. The lowest BCUT2D eigenvalue weighted by Crippen LogP contribution is -2.51. The summed E-state index contributed by atoms with van der Waals surface area (Å²) in [6.07, 6.45) is -3.99. The van der Waals surface area contributed by atoms with E-state index in [9.17, 15) is 13.2 Å². The van der Waals surface area contributed by atoms with Crippen molar-refractivity contribution < 1.29 is 22.5 Å². The number of benzene rings is 1. The number of methoxy groups -OCH3 is 1. The van der Waals surface area contributed by atoms with Crippen LogP contribution in [0.2, 0.25) is 0 Å². The lowest BCUT2D eigenvalue weighted by Gasteiger charge is -2.42. The molecule has 26 heavy (non-hydrogen) atoms. The molecular formula is C17H21F3N4O2. The van der Waals surface area contributed by atoms with Gasteiger partial charge in [0.05, 0.1) is 5.69 Å². The Balaban J connectivity index is 1.56. The summed E-state index contributed by atoms with van der Waals surface area (Å²) < 4.78 is 49.2. The number of nitrogens with zero attached hydrogens (tertiary/aromatic N) is 4. The highest BCUT2D eigenvalue weighted by Crippen LogP contribution is 2.40. The molecule has 2 aliphatic rings. The minimum Gasteiger partial charge on any atom is -0.369 e. The molecule has 1 aromatic carbocycles. The summed E-state index contributed by atoms with van der Waals surface area (Å²) in [4.78, 5) is 4.50. The van der Waals surface area contributed by atoms with E-state index < -0.39 is 12.3 Å². The summed E-state index contributed by atoms with van der Waals surface area (Å²) >= 11 is 0. The Bertz CT molecular complexity index is 767. The van der Waals surface area contributed by atoms with Crippen LogP contribution in [-0.2, 0) is 4.74 Å². The first-order valence-electron chi connectivity index (χ1n) is 8.78. The predicted octanol–water partition coefficient (Wildman–Crippen LogP) is 3.00. The van der Waals surface area contributed by atoms with Gasteiger partial charge >= 0.3 is 6.18 Å². The van der Waals surface area contributed by atoms with Crippen LogP contribution < -0.4 is 4.90 Å². The van der Waals surface area contributed by atoms with Crippen LogP contribution in [0.25, 0.3) is 11.0 Å². The SMILES string of the molecule is COC(c1cc(N2CC(CN3CCCC3)C2)c2nonc2c1)C(F)(F)F. The van der Waals surface area contributed by atoms with Crippen molar-refractivity contribution in [1.29, 1.82) is 0 Å². The van der Waals surface area contributed by atoms with Crippen molar-refractivity contribution in [3.8, 4) is 0 Å². The normalized spacial score (nSPS) is 20.7. The number of hydrogen-bond donors (Lipinski definition) is 0. The minimum absolute atomic E-state index is 0.0150. The zero-order valence-electron chi connectivity index (χ0n) is 14.5. The number of alkyl halides is 3. The van der Waals surface area contributed by atoms with E-state index in [0.717, 1.165) is 39.8 Å². The fourth-order valence-electron chi connectivity index (χ4n) is 3.96. The predicted molar refractivity (Wildman–Crippen MR) is 89.0 cm³/mol. The highest BCUT2D eigenvalue weighted by molar-refractivity contribution is 5.89. The van der Waals surface area contributed by atoms with E-state index in [4.69, 9.17) is 9.37 Å². The molecule has 0 bridgehead atoms. The monoisotopic (exact) mass is 370 g/mol. The standard InChI is InChI=1S/C17H21F3N4O2/c1-25-16(17(18,19)20)12-6-13-15(22-26-21-13)14(7-12)24-9-11(10-24)8-23-4-2-3-5-23/h6-7,11,16H,2-5,8-10H2,1H3.